The van der Waals surface area contributed by atoms with Crippen LogP contribution in [0.1, 0.15) is 155 Å². The highest BCUT2D eigenvalue weighted by molar-refractivity contribution is 6.20. The third-order valence-corrected chi connectivity index (χ3v) is 8.00. The fourth-order valence-electron chi connectivity index (χ4n) is 5.28. The summed E-state index contributed by atoms with van der Waals surface area (Å²) in [4.78, 5) is 54.3. The predicted octanol–water partition coefficient (Wildman–Crippen LogP) is 6.78. The molecule has 3 atom stereocenters. The summed E-state index contributed by atoms with van der Waals surface area (Å²) in [7, 11) is 0. The van der Waals surface area contributed by atoms with Crippen LogP contribution in [0.2, 0.25) is 0 Å². The molecular weight excluding hydrogens is 752 g/mol. The van der Waals surface area contributed by atoms with E-state index in [1.54, 1.807) is 6.92 Å². The Morgan fingerprint density at radius 3 is 1.66 bits per heavy atom. The Hall–Kier alpha value is -2.72. The molecule has 0 saturated carbocycles. The maximum Gasteiger partial charge on any atom is 0.425 e. The highest BCUT2D eigenvalue weighted by Gasteiger charge is 2.40. The number of carbonyl (C=O) groups is 5. The number of hydrogen-bond acceptors (Lipinski definition) is 12. The first-order valence-electron chi connectivity index (χ1n) is 19.3. The summed E-state index contributed by atoms with van der Waals surface area (Å²) in [6, 6.07) is 0. The number of ketones is 1. The van der Waals surface area contributed by atoms with Gasteiger partial charge in [0.2, 0.25) is 0 Å². The van der Waals surface area contributed by atoms with Gasteiger partial charge in [0.05, 0.1) is 24.7 Å². The Morgan fingerprint density at radius 1 is 0.839 bits per heavy atom. The van der Waals surface area contributed by atoms with Crippen LogP contribution in [0.5, 0.6) is 0 Å². The Kier molecular flexibility index (Phi) is 27.8. The zero-order valence-electron chi connectivity index (χ0n) is 36.8. The van der Waals surface area contributed by atoms with E-state index in [1.165, 1.54) is 0 Å². The molecular formula is C40H77ClN2O13. The van der Waals surface area contributed by atoms with E-state index in [4.69, 9.17) is 41.7 Å². The summed E-state index contributed by atoms with van der Waals surface area (Å²) in [5, 5.41) is 46.0. The number of carboxylic acid groups (broad SMARTS) is 1. The van der Waals surface area contributed by atoms with Crippen molar-refractivity contribution in [2.24, 2.45) is 16.2 Å². The molecule has 56 heavy (non-hydrogen) atoms. The standard InChI is InChI=1S/C10H18O3.C8H14ClNO3.C8H15NO3.C8H18O2.C6H12O2/c1-5-13-9(12)6-8(11)7-10(2,3)4;1-8(2)5-6(3-4-11)13-7(12)10(8)9;1-8(2)5-6(3-4-10)12-7(11)9-8;1-8(2,3)6-7(10)4-5-9;1-6(2,3)4-5(7)8/h5-7H2,1-4H3;6,11H,3-5H2,1-2H3;6,10H,3-5H2,1-2H3,(H,9,11);7,9-10H,4-6H2,1-3H3;4H2,1-3H3,(H,7,8). The van der Waals surface area contributed by atoms with Crippen molar-refractivity contribution < 1.29 is 63.7 Å². The van der Waals surface area contributed by atoms with Crippen molar-refractivity contribution in [1.29, 1.82) is 0 Å². The first-order valence-corrected chi connectivity index (χ1v) is 19.6. The van der Waals surface area contributed by atoms with E-state index in [-0.39, 0.29) is 84.6 Å². The van der Waals surface area contributed by atoms with Crippen molar-refractivity contribution >= 4 is 41.7 Å². The van der Waals surface area contributed by atoms with Gasteiger partial charge in [-0.3, -0.25) is 14.4 Å². The van der Waals surface area contributed by atoms with Crippen molar-refractivity contribution in [3.8, 4) is 0 Å². The van der Waals surface area contributed by atoms with Crippen LogP contribution in [0.25, 0.3) is 0 Å². The van der Waals surface area contributed by atoms with Gasteiger partial charge in [0, 0.05) is 69.2 Å². The first kappa shape index (κ1) is 57.6. The average Bonchev–Trinajstić information content (AvgIpc) is 2.93. The van der Waals surface area contributed by atoms with E-state index < -0.39 is 23.6 Å². The van der Waals surface area contributed by atoms with Gasteiger partial charge in [-0.2, -0.15) is 0 Å². The van der Waals surface area contributed by atoms with Crippen LogP contribution in [0.4, 0.5) is 9.59 Å². The molecule has 2 rings (SSSR count). The number of aliphatic carboxylic acids is 1. The normalized spacial score (nSPS) is 19.2. The number of nitrogens with one attached hydrogen (secondary N) is 1. The third kappa shape index (κ3) is 34.5. The molecule has 2 amide bonds. The van der Waals surface area contributed by atoms with Crippen LogP contribution in [0.3, 0.4) is 0 Å². The molecule has 0 aromatic rings. The Bertz CT molecular complexity index is 1160. The number of ether oxygens (including phenoxy) is 3. The maximum atomic E-state index is 11.2. The Balaban J connectivity index is -0.000000634. The number of Topliss-reactive ketones (excluding diaryl/α,β-unsaturated/α-hetero) is 1. The number of nitrogens with zero attached hydrogens (tertiary/aromatic N) is 1. The van der Waals surface area contributed by atoms with Gasteiger partial charge < -0.3 is 45.1 Å². The number of alkyl carbamates (subject to hydrolysis) is 1. The number of aliphatic hydroxyl groups is 4. The molecule has 16 heteroatoms. The molecule has 3 unspecified atom stereocenters. The molecule has 332 valence electrons. The smallest absolute Gasteiger partial charge is 0.425 e. The highest BCUT2D eigenvalue weighted by atomic mass is 35.5. The molecule has 2 aliphatic heterocycles. The average molecular weight is 830 g/mol. The zero-order valence-corrected chi connectivity index (χ0v) is 37.5. The van der Waals surface area contributed by atoms with Gasteiger partial charge >= 0.3 is 24.1 Å². The molecule has 0 aromatic heterocycles. The van der Waals surface area contributed by atoms with Crippen LogP contribution in [0.15, 0.2) is 0 Å². The topological polar surface area (TPSA) is 229 Å². The molecule has 0 spiro atoms. The van der Waals surface area contributed by atoms with E-state index in [0.717, 1.165) is 17.3 Å². The summed E-state index contributed by atoms with van der Waals surface area (Å²) in [5.41, 5.74) is -0.587. The summed E-state index contributed by atoms with van der Waals surface area (Å²) in [6.45, 7) is 27.7. The van der Waals surface area contributed by atoms with Crippen molar-refractivity contribution in [2.75, 3.05) is 26.4 Å². The number of rotatable bonds is 12. The van der Waals surface area contributed by atoms with E-state index >= 15 is 0 Å². The SMILES string of the molecule is CC(C)(C)CC(=O)O.CC(C)(C)CC(O)CCO.CC1(C)CC(CCO)OC(=O)N1.CC1(C)CC(CCO)OC(=O)N1Cl.CCOC(=O)CC(=O)CC(C)(C)C. The van der Waals surface area contributed by atoms with Crippen molar-refractivity contribution in [2.45, 2.75) is 184 Å². The largest absolute Gasteiger partial charge is 0.481 e. The van der Waals surface area contributed by atoms with Gasteiger partial charge in [0.25, 0.3) is 0 Å². The van der Waals surface area contributed by atoms with Crippen molar-refractivity contribution in [3.63, 3.8) is 0 Å². The molecule has 2 aliphatic rings. The second-order valence-electron chi connectivity index (χ2n) is 18.9. The van der Waals surface area contributed by atoms with Gasteiger partial charge in [-0.05, 0) is 63.7 Å². The lowest BCUT2D eigenvalue weighted by Crippen LogP contribution is -2.52. The van der Waals surface area contributed by atoms with Crippen molar-refractivity contribution in [3.05, 3.63) is 0 Å². The lowest BCUT2D eigenvalue weighted by molar-refractivity contribution is -0.146. The van der Waals surface area contributed by atoms with E-state index in [9.17, 15) is 29.1 Å². The van der Waals surface area contributed by atoms with Crippen LogP contribution in [-0.2, 0) is 28.6 Å². The summed E-state index contributed by atoms with van der Waals surface area (Å²) >= 11 is 5.72. The lowest BCUT2D eigenvalue weighted by atomic mass is 9.88. The molecule has 15 nitrogen and oxygen atoms in total. The second kappa shape index (κ2) is 27.1. The quantitative estimate of drug-likeness (QED) is 0.0517. The molecule has 2 heterocycles. The number of amides is 2. The van der Waals surface area contributed by atoms with Crippen LogP contribution >= 0.6 is 11.8 Å². The maximum absolute atomic E-state index is 11.2. The zero-order chi connectivity index (χ0) is 44.7. The van der Waals surface area contributed by atoms with Crippen LogP contribution in [-0.4, -0.2) is 116 Å². The van der Waals surface area contributed by atoms with Crippen molar-refractivity contribution in [1.82, 2.24) is 9.74 Å². The summed E-state index contributed by atoms with van der Waals surface area (Å²) < 4.78 is 15.7. The molecule has 0 aliphatic carbocycles. The minimum atomic E-state index is -0.725. The van der Waals surface area contributed by atoms with E-state index in [1.807, 2.05) is 69.2 Å². The predicted molar refractivity (Wildman–Crippen MR) is 216 cm³/mol. The molecule has 0 radical (unpaired) electrons. The first-order chi connectivity index (χ1) is 25.2. The molecule has 6 N–H and O–H groups in total. The number of hydrogen-bond donors (Lipinski definition) is 6. The van der Waals surface area contributed by atoms with E-state index in [0.29, 0.717) is 38.7 Å². The monoisotopic (exact) mass is 829 g/mol. The second-order valence-corrected chi connectivity index (χ2v) is 19.2. The van der Waals surface area contributed by atoms with Gasteiger partial charge in [-0.25, -0.2) is 14.0 Å². The van der Waals surface area contributed by atoms with Crippen LogP contribution < -0.4 is 5.32 Å². The van der Waals surface area contributed by atoms with Gasteiger partial charge in [-0.1, -0.05) is 62.3 Å². The molecule has 0 aromatic carbocycles. The Morgan fingerprint density at radius 2 is 1.32 bits per heavy atom. The fourth-order valence-corrected chi connectivity index (χ4v) is 5.39. The van der Waals surface area contributed by atoms with Gasteiger partial charge in [-0.15, -0.1) is 0 Å². The summed E-state index contributed by atoms with van der Waals surface area (Å²) in [6.07, 6.45) is 2.60. The Labute approximate surface area is 341 Å². The van der Waals surface area contributed by atoms with E-state index in [2.05, 4.69) is 30.8 Å². The number of carboxylic acids is 1. The number of halogens is 1. The number of esters is 1. The number of cyclic esters (lactones) is 2. The highest BCUT2D eigenvalue weighted by Crippen LogP contribution is 2.31. The minimum absolute atomic E-state index is 0.0241. The molecule has 2 saturated heterocycles. The van der Waals surface area contributed by atoms with Crippen LogP contribution in [0, 0.1) is 16.2 Å². The fraction of sp³-hybridized carbons (Fsp3) is 0.875. The number of aliphatic hydroxyl groups excluding tert-OH is 4. The summed E-state index contributed by atoms with van der Waals surface area (Å²) in [5.74, 6) is -1.19. The minimum Gasteiger partial charge on any atom is -0.481 e. The lowest BCUT2D eigenvalue weighted by Gasteiger charge is -2.40. The van der Waals surface area contributed by atoms with Gasteiger partial charge in [0.1, 0.15) is 24.4 Å². The molecule has 0 bridgehead atoms. The molecule has 2 fully saturated rings. The number of carbonyl (C=O) groups excluding carboxylic acids is 4. The van der Waals surface area contributed by atoms with Gasteiger partial charge in [0.15, 0.2) is 0 Å². The third-order valence-electron chi connectivity index (χ3n) is 7.41.